The second-order valence-corrected chi connectivity index (χ2v) is 8.50. The van der Waals surface area contributed by atoms with Crippen LogP contribution in [-0.4, -0.2) is 35.6 Å². The molecule has 7 heteroatoms. The molecule has 1 aromatic heterocycles. The van der Waals surface area contributed by atoms with Gasteiger partial charge in [0, 0.05) is 11.9 Å². The summed E-state index contributed by atoms with van der Waals surface area (Å²) in [5, 5.41) is 6.11. The highest BCUT2D eigenvalue weighted by molar-refractivity contribution is 7.92. The number of carbonyl (C=O) groups excluding carboxylic acids is 1. The molecule has 1 aromatic carbocycles. The first-order chi connectivity index (χ1) is 11.1. The number of nitrogens with one attached hydrogen (secondary N) is 1. The Kier molecular flexibility index (Phi) is 5.13. The Morgan fingerprint density at radius 2 is 1.75 bits per heavy atom. The molecule has 0 radical (unpaired) electrons. The molecule has 130 valence electrons. The largest absolute Gasteiger partial charge is 0.348 e. The van der Waals surface area contributed by atoms with E-state index in [4.69, 9.17) is 0 Å². The van der Waals surface area contributed by atoms with Crippen molar-refractivity contribution in [3.05, 3.63) is 47.3 Å². The van der Waals surface area contributed by atoms with Crippen molar-refractivity contribution >= 4 is 15.7 Å². The zero-order chi connectivity index (χ0) is 18.1. The van der Waals surface area contributed by atoms with Gasteiger partial charge in [-0.1, -0.05) is 12.1 Å². The monoisotopic (exact) mass is 349 g/mol. The molecule has 0 bridgehead atoms. The maximum Gasteiger partial charge on any atom is 0.238 e. The second-order valence-electron chi connectivity index (χ2n) is 6.13. The van der Waals surface area contributed by atoms with Gasteiger partial charge in [-0.05, 0) is 51.5 Å². The minimum absolute atomic E-state index is 0.281. The highest BCUT2D eigenvalue weighted by Crippen LogP contribution is 2.17. The van der Waals surface area contributed by atoms with Crippen molar-refractivity contribution in [1.29, 1.82) is 0 Å². The molecule has 0 aliphatic carbocycles. The van der Waals surface area contributed by atoms with Crippen molar-refractivity contribution < 1.29 is 13.2 Å². The normalized spacial score (nSPS) is 14.2. The molecule has 0 saturated heterocycles. The Morgan fingerprint density at radius 3 is 2.21 bits per heavy atom. The first kappa shape index (κ1) is 18.2. The van der Waals surface area contributed by atoms with Crippen LogP contribution in [-0.2, 0) is 14.6 Å². The summed E-state index contributed by atoms with van der Waals surface area (Å²) in [5.41, 5.74) is 3.83. The molecule has 1 amide bonds. The Bertz CT molecular complexity index is 838. The standard InChI is InChI=1S/C17H23N3O3S/c1-11-10-12(2)20(19-11)16-8-6-15(7-9-16)13(3)18-17(21)14(4)24(5,22)23/h6-10,13-14H,1-5H3,(H,18,21)/t13-,14+/m0/s1. The van der Waals surface area contributed by atoms with E-state index in [1.165, 1.54) is 6.92 Å². The Balaban J connectivity index is 2.13. The number of carbonyl (C=O) groups is 1. The summed E-state index contributed by atoms with van der Waals surface area (Å²) in [6.07, 6.45) is 1.06. The number of rotatable bonds is 5. The summed E-state index contributed by atoms with van der Waals surface area (Å²) in [5.74, 6) is -0.493. The van der Waals surface area contributed by atoms with Crippen molar-refractivity contribution in [3.63, 3.8) is 0 Å². The number of benzene rings is 1. The van der Waals surface area contributed by atoms with Crippen LogP contribution in [0.1, 0.15) is 36.8 Å². The van der Waals surface area contributed by atoms with E-state index in [1.807, 2.05) is 55.8 Å². The molecule has 0 fully saturated rings. The molecule has 0 aliphatic heterocycles. The second kappa shape index (κ2) is 6.76. The average molecular weight is 349 g/mol. The zero-order valence-electron chi connectivity index (χ0n) is 14.6. The molecule has 2 rings (SSSR count). The van der Waals surface area contributed by atoms with Gasteiger partial charge < -0.3 is 5.32 Å². The molecule has 1 N–H and O–H groups in total. The van der Waals surface area contributed by atoms with Crippen LogP contribution in [0.15, 0.2) is 30.3 Å². The minimum Gasteiger partial charge on any atom is -0.348 e. The fourth-order valence-corrected chi connectivity index (χ4v) is 2.86. The Morgan fingerprint density at radius 1 is 1.17 bits per heavy atom. The van der Waals surface area contributed by atoms with Gasteiger partial charge in [0.1, 0.15) is 5.25 Å². The fraction of sp³-hybridized carbons (Fsp3) is 0.412. The van der Waals surface area contributed by atoms with Gasteiger partial charge in [0.25, 0.3) is 0 Å². The predicted molar refractivity (Wildman–Crippen MR) is 93.9 cm³/mol. The van der Waals surface area contributed by atoms with Gasteiger partial charge in [0.05, 0.1) is 17.4 Å². The molecule has 2 aromatic rings. The average Bonchev–Trinajstić information content (AvgIpc) is 2.84. The van der Waals surface area contributed by atoms with Crippen LogP contribution in [0.3, 0.4) is 0 Å². The highest BCUT2D eigenvalue weighted by Gasteiger charge is 2.24. The molecule has 0 aliphatic rings. The molecule has 1 heterocycles. The summed E-state index contributed by atoms with van der Waals surface area (Å²) in [6, 6.07) is 9.39. The van der Waals surface area contributed by atoms with Gasteiger partial charge in [-0.15, -0.1) is 0 Å². The Labute approximate surface area is 142 Å². The minimum atomic E-state index is -3.40. The van der Waals surface area contributed by atoms with E-state index in [2.05, 4.69) is 10.4 Å². The number of hydrogen-bond donors (Lipinski definition) is 1. The van der Waals surface area contributed by atoms with E-state index >= 15 is 0 Å². The van der Waals surface area contributed by atoms with Gasteiger partial charge in [-0.3, -0.25) is 4.79 Å². The number of nitrogens with zero attached hydrogens (tertiary/aromatic N) is 2. The van der Waals surface area contributed by atoms with Crippen LogP contribution in [0.4, 0.5) is 0 Å². The molecule has 0 saturated carbocycles. The van der Waals surface area contributed by atoms with Crippen LogP contribution < -0.4 is 5.32 Å². The molecule has 0 unspecified atom stereocenters. The summed E-state index contributed by atoms with van der Waals surface area (Å²) in [7, 11) is -3.40. The number of hydrogen-bond acceptors (Lipinski definition) is 4. The van der Waals surface area contributed by atoms with Gasteiger partial charge in [-0.2, -0.15) is 5.10 Å². The number of aromatic nitrogens is 2. The smallest absolute Gasteiger partial charge is 0.238 e. The van der Waals surface area contributed by atoms with Crippen LogP contribution in [0.5, 0.6) is 0 Å². The van der Waals surface area contributed by atoms with Crippen molar-refractivity contribution in [2.75, 3.05) is 6.26 Å². The zero-order valence-corrected chi connectivity index (χ0v) is 15.4. The first-order valence-corrected chi connectivity index (χ1v) is 9.68. The lowest BCUT2D eigenvalue weighted by molar-refractivity contribution is -0.121. The van der Waals surface area contributed by atoms with Crippen LogP contribution in [0, 0.1) is 13.8 Å². The van der Waals surface area contributed by atoms with Gasteiger partial charge in [0.15, 0.2) is 9.84 Å². The fourth-order valence-electron chi connectivity index (χ4n) is 2.40. The number of aryl methyl sites for hydroxylation is 2. The van der Waals surface area contributed by atoms with E-state index in [-0.39, 0.29) is 6.04 Å². The maximum absolute atomic E-state index is 12.0. The lowest BCUT2D eigenvalue weighted by Crippen LogP contribution is -2.38. The third-order valence-electron chi connectivity index (χ3n) is 4.02. The molecular weight excluding hydrogens is 326 g/mol. The molecule has 2 atom stereocenters. The van der Waals surface area contributed by atoms with E-state index < -0.39 is 21.0 Å². The number of sulfone groups is 1. The summed E-state index contributed by atoms with van der Waals surface area (Å²) in [6.45, 7) is 7.15. The molecule has 0 spiro atoms. The van der Waals surface area contributed by atoms with E-state index in [9.17, 15) is 13.2 Å². The van der Waals surface area contributed by atoms with Crippen LogP contribution >= 0.6 is 0 Å². The maximum atomic E-state index is 12.0. The number of amides is 1. The molecule has 6 nitrogen and oxygen atoms in total. The van der Waals surface area contributed by atoms with E-state index in [1.54, 1.807) is 0 Å². The molecule has 24 heavy (non-hydrogen) atoms. The van der Waals surface area contributed by atoms with Crippen molar-refractivity contribution in [2.24, 2.45) is 0 Å². The van der Waals surface area contributed by atoms with Crippen molar-refractivity contribution in [1.82, 2.24) is 15.1 Å². The summed E-state index contributed by atoms with van der Waals surface area (Å²) in [4.78, 5) is 12.0. The SMILES string of the molecule is Cc1cc(C)n(-c2ccc([C@H](C)NC(=O)[C@@H](C)S(C)(=O)=O)cc2)n1. The van der Waals surface area contributed by atoms with Gasteiger partial charge in [0.2, 0.25) is 5.91 Å². The Hall–Kier alpha value is -2.15. The predicted octanol–water partition coefficient (Wildman–Crippen LogP) is 2.10. The van der Waals surface area contributed by atoms with E-state index in [0.29, 0.717) is 0 Å². The quantitative estimate of drug-likeness (QED) is 0.896. The lowest BCUT2D eigenvalue weighted by atomic mass is 10.1. The third kappa shape index (κ3) is 4.03. The van der Waals surface area contributed by atoms with Crippen LogP contribution in [0.25, 0.3) is 5.69 Å². The van der Waals surface area contributed by atoms with Gasteiger partial charge in [-0.25, -0.2) is 13.1 Å². The van der Waals surface area contributed by atoms with Crippen molar-refractivity contribution in [2.45, 2.75) is 39.0 Å². The van der Waals surface area contributed by atoms with E-state index in [0.717, 1.165) is 28.9 Å². The van der Waals surface area contributed by atoms with Gasteiger partial charge >= 0.3 is 0 Å². The summed E-state index contributed by atoms with van der Waals surface area (Å²) < 4.78 is 24.8. The topological polar surface area (TPSA) is 81.1 Å². The third-order valence-corrected chi connectivity index (χ3v) is 5.52. The highest BCUT2D eigenvalue weighted by atomic mass is 32.2. The lowest BCUT2D eigenvalue weighted by Gasteiger charge is -2.17. The van der Waals surface area contributed by atoms with Crippen molar-refractivity contribution in [3.8, 4) is 5.69 Å². The molecular formula is C17H23N3O3S. The summed E-state index contributed by atoms with van der Waals surface area (Å²) >= 11 is 0. The van der Waals surface area contributed by atoms with Crippen LogP contribution in [0.2, 0.25) is 0 Å². The first-order valence-electron chi connectivity index (χ1n) is 7.72.